The smallest absolute Gasteiger partial charge is 0.221 e. The van der Waals surface area contributed by atoms with E-state index in [-0.39, 0.29) is 17.4 Å². The summed E-state index contributed by atoms with van der Waals surface area (Å²) in [5.41, 5.74) is 1.46. The summed E-state index contributed by atoms with van der Waals surface area (Å²) in [7, 11) is 2.19. The summed E-state index contributed by atoms with van der Waals surface area (Å²) in [5.74, 6) is 1.92. The van der Waals surface area contributed by atoms with Gasteiger partial charge in [0.15, 0.2) is 0 Å². The number of nitrogens with zero attached hydrogens (tertiary/aromatic N) is 2. The van der Waals surface area contributed by atoms with Gasteiger partial charge in [-0.15, -0.1) is 0 Å². The van der Waals surface area contributed by atoms with Crippen molar-refractivity contribution in [2.45, 2.75) is 55.3 Å². The Hall–Kier alpha value is -0.910. The minimum absolute atomic E-state index is 0.0777. The average Bonchev–Trinajstić information content (AvgIpc) is 2.67. The highest BCUT2D eigenvalue weighted by Gasteiger charge is 2.57. The van der Waals surface area contributed by atoms with Gasteiger partial charge in [0.2, 0.25) is 5.91 Å². The third-order valence-corrected chi connectivity index (χ3v) is 9.15. The first-order valence-corrected chi connectivity index (χ1v) is 12.6. The summed E-state index contributed by atoms with van der Waals surface area (Å²) in [6.07, 6.45) is 8.46. The maximum atomic E-state index is 13.4. The van der Waals surface area contributed by atoms with Crippen LogP contribution in [0, 0.1) is 17.3 Å². The quantitative estimate of drug-likeness (QED) is 0.628. The molecule has 0 radical (unpaired) electrons. The van der Waals surface area contributed by atoms with E-state index >= 15 is 0 Å². The fourth-order valence-electron chi connectivity index (χ4n) is 7.34. The molecular weight excluding hydrogens is 438 g/mol. The molecule has 5 fully saturated rings. The van der Waals surface area contributed by atoms with Crippen LogP contribution in [0.4, 0.5) is 0 Å². The monoisotopic (exact) mass is 473 g/mol. The predicted molar refractivity (Wildman–Crippen MR) is 125 cm³/mol. The van der Waals surface area contributed by atoms with E-state index in [1.54, 1.807) is 0 Å². The highest BCUT2D eigenvalue weighted by Crippen LogP contribution is 2.65. The van der Waals surface area contributed by atoms with E-state index in [0.29, 0.717) is 10.7 Å². The molecule has 3 unspecified atom stereocenters. The lowest BCUT2D eigenvalue weighted by Gasteiger charge is -2.60. The molecule has 4 bridgehead atoms. The van der Waals surface area contributed by atoms with E-state index in [1.165, 1.54) is 44.1 Å². The van der Waals surface area contributed by atoms with Crippen molar-refractivity contribution >= 4 is 21.8 Å². The number of carbonyl (C=O) groups excluding carboxylic acids is 1. The highest BCUT2D eigenvalue weighted by molar-refractivity contribution is 9.10. The maximum absolute atomic E-state index is 13.4. The SMILES string of the molecule is CN1CCN(CC(NC(=O)CC23CC4CC(CC(Br)(C4)C2)C3)c2ccccc2)CC1. The van der Waals surface area contributed by atoms with Gasteiger partial charge in [-0.25, -0.2) is 0 Å². The zero-order chi connectivity index (χ0) is 20.8. The van der Waals surface area contributed by atoms with Crippen molar-refractivity contribution in [2.24, 2.45) is 17.3 Å². The van der Waals surface area contributed by atoms with Gasteiger partial charge in [-0.3, -0.25) is 9.69 Å². The van der Waals surface area contributed by atoms with Crippen molar-refractivity contribution in [3.8, 4) is 0 Å². The Bertz CT molecular complexity index is 747. The lowest BCUT2D eigenvalue weighted by molar-refractivity contribution is -0.129. The van der Waals surface area contributed by atoms with Crippen LogP contribution < -0.4 is 5.32 Å². The number of halogens is 1. The van der Waals surface area contributed by atoms with Crippen LogP contribution in [0.3, 0.4) is 0 Å². The summed E-state index contributed by atoms with van der Waals surface area (Å²) in [4.78, 5) is 18.3. The van der Waals surface area contributed by atoms with Crippen molar-refractivity contribution < 1.29 is 4.79 Å². The molecule has 4 saturated carbocycles. The molecule has 1 aromatic rings. The van der Waals surface area contributed by atoms with Gasteiger partial charge in [0.25, 0.3) is 0 Å². The third-order valence-electron chi connectivity index (χ3n) is 8.22. The van der Waals surface area contributed by atoms with Gasteiger partial charge in [-0.05, 0) is 68.4 Å². The molecule has 1 aromatic carbocycles. The van der Waals surface area contributed by atoms with Crippen molar-refractivity contribution in [1.29, 1.82) is 0 Å². The number of rotatable bonds is 6. The Balaban J connectivity index is 1.27. The Morgan fingerprint density at radius 2 is 1.77 bits per heavy atom. The second-order valence-corrected chi connectivity index (χ2v) is 12.6. The topological polar surface area (TPSA) is 35.6 Å². The zero-order valence-corrected chi connectivity index (χ0v) is 19.9. The third kappa shape index (κ3) is 4.49. The molecule has 1 saturated heterocycles. The number of likely N-dealkylation sites (N-methyl/N-ethyl adjacent to an activating group) is 1. The molecule has 0 spiro atoms. The molecule has 3 atom stereocenters. The van der Waals surface area contributed by atoms with Crippen LogP contribution in [0.15, 0.2) is 30.3 Å². The summed E-state index contributed by atoms with van der Waals surface area (Å²) in [5, 5.41) is 3.47. The minimum atomic E-state index is 0.0777. The molecule has 6 rings (SSSR count). The minimum Gasteiger partial charge on any atom is -0.348 e. The fraction of sp³-hybridized carbons (Fsp3) is 0.720. The number of carbonyl (C=O) groups is 1. The number of amides is 1. The molecule has 1 N–H and O–H groups in total. The van der Waals surface area contributed by atoms with Crippen molar-refractivity contribution in [3.05, 3.63) is 35.9 Å². The molecule has 0 aromatic heterocycles. The normalized spacial score (nSPS) is 37.3. The van der Waals surface area contributed by atoms with Crippen LogP contribution in [-0.4, -0.2) is 59.8 Å². The van der Waals surface area contributed by atoms with Crippen molar-refractivity contribution in [3.63, 3.8) is 0 Å². The predicted octanol–water partition coefficient (Wildman–Crippen LogP) is 4.22. The van der Waals surface area contributed by atoms with Gasteiger partial charge in [-0.1, -0.05) is 46.3 Å². The Morgan fingerprint density at radius 3 is 2.40 bits per heavy atom. The molecule has 30 heavy (non-hydrogen) atoms. The van der Waals surface area contributed by atoms with Gasteiger partial charge in [0.05, 0.1) is 6.04 Å². The first-order valence-electron chi connectivity index (χ1n) is 11.8. The molecule has 4 aliphatic carbocycles. The molecular formula is C25H36BrN3O. The van der Waals surface area contributed by atoms with Crippen LogP contribution in [0.25, 0.3) is 0 Å². The molecule has 1 heterocycles. The van der Waals surface area contributed by atoms with Gasteiger partial charge < -0.3 is 10.2 Å². The standard InChI is InChI=1S/C25H36BrN3O/c1-28-7-9-29(10-8-28)17-22(21-5-3-2-4-6-21)27-23(30)16-24-12-19-11-20(13-24)15-25(26,14-19)18-24/h2-6,19-20,22H,7-18H2,1H3,(H,27,30). The average molecular weight is 474 g/mol. The van der Waals surface area contributed by atoms with Gasteiger partial charge in [0, 0.05) is 43.5 Å². The number of hydrogen-bond donors (Lipinski definition) is 1. The first kappa shape index (κ1) is 21.0. The number of piperazine rings is 1. The lowest BCUT2D eigenvalue weighted by Crippen LogP contribution is -2.54. The molecule has 1 aliphatic heterocycles. The second-order valence-electron chi connectivity index (χ2n) is 10.9. The van der Waals surface area contributed by atoms with Crippen LogP contribution in [0.2, 0.25) is 0 Å². The second kappa shape index (κ2) is 8.22. The lowest BCUT2D eigenvalue weighted by atomic mass is 9.48. The van der Waals surface area contributed by atoms with E-state index in [2.05, 4.69) is 68.4 Å². The Labute approximate surface area is 189 Å². The van der Waals surface area contributed by atoms with E-state index in [0.717, 1.165) is 44.6 Å². The van der Waals surface area contributed by atoms with E-state index in [1.807, 2.05) is 0 Å². The van der Waals surface area contributed by atoms with E-state index in [4.69, 9.17) is 0 Å². The highest BCUT2D eigenvalue weighted by atomic mass is 79.9. The molecule has 164 valence electrons. The van der Waals surface area contributed by atoms with Gasteiger partial charge in [-0.2, -0.15) is 0 Å². The number of alkyl halides is 1. The van der Waals surface area contributed by atoms with Crippen molar-refractivity contribution in [1.82, 2.24) is 15.1 Å². The van der Waals surface area contributed by atoms with Crippen LogP contribution >= 0.6 is 15.9 Å². The molecule has 1 amide bonds. The maximum Gasteiger partial charge on any atom is 0.221 e. The summed E-state index contributed by atoms with van der Waals surface area (Å²) < 4.78 is 0.315. The van der Waals surface area contributed by atoms with E-state index in [9.17, 15) is 4.79 Å². The zero-order valence-electron chi connectivity index (χ0n) is 18.3. The van der Waals surface area contributed by atoms with Crippen LogP contribution in [0.1, 0.15) is 56.6 Å². The summed E-state index contributed by atoms with van der Waals surface area (Å²) >= 11 is 4.10. The van der Waals surface area contributed by atoms with Crippen molar-refractivity contribution in [2.75, 3.05) is 39.8 Å². The molecule has 4 nitrogen and oxygen atoms in total. The Kier molecular flexibility index (Phi) is 5.74. The molecule has 5 aliphatic rings. The molecule has 5 heteroatoms. The largest absolute Gasteiger partial charge is 0.348 e. The van der Waals surface area contributed by atoms with E-state index < -0.39 is 0 Å². The number of benzene rings is 1. The summed E-state index contributed by atoms with van der Waals surface area (Å²) in [6.45, 7) is 5.28. The number of hydrogen-bond acceptors (Lipinski definition) is 3. The summed E-state index contributed by atoms with van der Waals surface area (Å²) in [6, 6.07) is 10.6. The van der Waals surface area contributed by atoms with Gasteiger partial charge in [0.1, 0.15) is 0 Å². The first-order chi connectivity index (χ1) is 14.4. The number of nitrogens with one attached hydrogen (secondary N) is 1. The fourth-order valence-corrected chi connectivity index (χ4v) is 8.85. The van der Waals surface area contributed by atoms with Crippen LogP contribution in [0.5, 0.6) is 0 Å². The Morgan fingerprint density at radius 1 is 1.10 bits per heavy atom. The van der Waals surface area contributed by atoms with Crippen LogP contribution in [-0.2, 0) is 4.79 Å². The van der Waals surface area contributed by atoms with Gasteiger partial charge >= 0.3 is 0 Å².